The summed E-state index contributed by atoms with van der Waals surface area (Å²) in [6, 6.07) is 1.83. The van der Waals surface area contributed by atoms with Crippen molar-refractivity contribution in [2.45, 2.75) is 44.4 Å². The molecule has 1 aliphatic carbocycles. The molecule has 2 aromatic rings. The first-order valence-corrected chi connectivity index (χ1v) is 8.16. The van der Waals surface area contributed by atoms with E-state index in [0.717, 1.165) is 43.5 Å². The lowest BCUT2D eigenvalue weighted by molar-refractivity contribution is 0.364. The summed E-state index contributed by atoms with van der Waals surface area (Å²) in [6.45, 7) is 3.70. The molecule has 0 aromatic carbocycles. The molecule has 1 saturated carbocycles. The first-order valence-electron chi connectivity index (χ1n) is 7.78. The number of anilines is 1. The van der Waals surface area contributed by atoms with Crippen molar-refractivity contribution in [3.8, 4) is 0 Å². The molecule has 0 amide bonds. The molecule has 3 heterocycles. The molecule has 0 spiro atoms. The highest BCUT2D eigenvalue weighted by atomic mass is 35.5. The van der Waals surface area contributed by atoms with E-state index in [9.17, 15) is 0 Å². The molecule has 1 aliphatic heterocycles. The molecule has 116 valence electrons. The highest BCUT2D eigenvalue weighted by Crippen LogP contribution is 2.40. The zero-order chi connectivity index (χ0) is 15.1. The molecular weight excluding hydrogens is 302 g/mol. The monoisotopic (exact) mass is 319 g/mol. The lowest BCUT2D eigenvalue weighted by Gasteiger charge is -2.31. The molecule has 7 heteroatoms. The first kappa shape index (κ1) is 13.9. The SMILES string of the molecule is Cc1nc(Cl)cc(N2CCC(c3noc(C4CC4)n3)CC2)n1. The fourth-order valence-corrected chi connectivity index (χ4v) is 3.17. The van der Waals surface area contributed by atoms with Gasteiger partial charge in [-0.05, 0) is 32.6 Å². The van der Waals surface area contributed by atoms with Crippen LogP contribution in [0.2, 0.25) is 5.15 Å². The second-order valence-corrected chi connectivity index (χ2v) is 6.51. The van der Waals surface area contributed by atoms with Crippen LogP contribution in [0.3, 0.4) is 0 Å². The Labute approximate surface area is 133 Å². The van der Waals surface area contributed by atoms with Crippen molar-refractivity contribution in [2.24, 2.45) is 0 Å². The van der Waals surface area contributed by atoms with Crippen LogP contribution >= 0.6 is 11.6 Å². The summed E-state index contributed by atoms with van der Waals surface area (Å²) in [6.07, 6.45) is 4.39. The lowest BCUT2D eigenvalue weighted by Crippen LogP contribution is -2.34. The van der Waals surface area contributed by atoms with Crippen molar-refractivity contribution in [2.75, 3.05) is 18.0 Å². The van der Waals surface area contributed by atoms with Gasteiger partial charge in [0.05, 0.1) is 0 Å². The number of aromatic nitrogens is 4. The third-order valence-electron chi connectivity index (χ3n) is 4.36. The van der Waals surface area contributed by atoms with Crippen LogP contribution in [-0.4, -0.2) is 33.2 Å². The van der Waals surface area contributed by atoms with Gasteiger partial charge in [-0.2, -0.15) is 4.98 Å². The molecule has 4 rings (SSSR count). The van der Waals surface area contributed by atoms with Crippen LogP contribution in [0.5, 0.6) is 0 Å². The van der Waals surface area contributed by atoms with E-state index in [1.165, 1.54) is 12.8 Å². The number of halogens is 1. The molecule has 0 N–H and O–H groups in total. The number of piperidine rings is 1. The maximum Gasteiger partial charge on any atom is 0.229 e. The molecule has 2 aliphatic rings. The summed E-state index contributed by atoms with van der Waals surface area (Å²) in [5, 5.41) is 4.67. The zero-order valence-corrected chi connectivity index (χ0v) is 13.3. The van der Waals surface area contributed by atoms with Crippen molar-refractivity contribution in [3.05, 3.63) is 28.8 Å². The van der Waals surface area contributed by atoms with Crippen molar-refractivity contribution < 1.29 is 4.52 Å². The average molecular weight is 320 g/mol. The summed E-state index contributed by atoms with van der Waals surface area (Å²) in [4.78, 5) is 15.4. The largest absolute Gasteiger partial charge is 0.356 e. The highest BCUT2D eigenvalue weighted by molar-refractivity contribution is 6.29. The van der Waals surface area contributed by atoms with E-state index in [1.807, 2.05) is 13.0 Å². The number of hydrogen-bond acceptors (Lipinski definition) is 6. The van der Waals surface area contributed by atoms with Gasteiger partial charge < -0.3 is 9.42 Å². The summed E-state index contributed by atoms with van der Waals surface area (Å²) in [5.41, 5.74) is 0. The van der Waals surface area contributed by atoms with Crippen molar-refractivity contribution >= 4 is 17.4 Å². The third-order valence-corrected chi connectivity index (χ3v) is 4.55. The van der Waals surface area contributed by atoms with Crippen molar-refractivity contribution in [1.29, 1.82) is 0 Å². The van der Waals surface area contributed by atoms with Gasteiger partial charge >= 0.3 is 0 Å². The van der Waals surface area contributed by atoms with Crippen LogP contribution < -0.4 is 4.90 Å². The number of aryl methyl sites for hydroxylation is 1. The Bertz CT molecular complexity index is 656. The van der Waals surface area contributed by atoms with Crippen LogP contribution in [-0.2, 0) is 0 Å². The van der Waals surface area contributed by atoms with Crippen molar-refractivity contribution in [3.63, 3.8) is 0 Å². The van der Waals surface area contributed by atoms with Crippen LogP contribution in [0.4, 0.5) is 5.82 Å². The molecule has 22 heavy (non-hydrogen) atoms. The summed E-state index contributed by atoms with van der Waals surface area (Å²) in [5.74, 6) is 4.21. The van der Waals surface area contributed by atoms with E-state index in [-0.39, 0.29) is 0 Å². The summed E-state index contributed by atoms with van der Waals surface area (Å²) < 4.78 is 5.37. The standard InChI is InChI=1S/C15H18ClN5O/c1-9-17-12(16)8-13(18-9)21-6-4-10(5-7-21)14-19-15(22-20-14)11-2-3-11/h8,10-11H,2-7H2,1H3. The minimum atomic E-state index is 0.380. The van der Waals surface area contributed by atoms with Gasteiger partial charge in [0.25, 0.3) is 0 Å². The molecule has 2 fully saturated rings. The Morgan fingerprint density at radius 1 is 1.09 bits per heavy atom. The summed E-state index contributed by atoms with van der Waals surface area (Å²) >= 11 is 6.02. The molecule has 0 radical (unpaired) electrons. The zero-order valence-electron chi connectivity index (χ0n) is 12.5. The summed E-state index contributed by atoms with van der Waals surface area (Å²) in [7, 11) is 0. The molecule has 2 aromatic heterocycles. The first-order chi connectivity index (χ1) is 10.7. The molecular formula is C15H18ClN5O. The quantitative estimate of drug-likeness (QED) is 0.810. The predicted octanol–water partition coefficient (Wildman–Crippen LogP) is 3.08. The minimum absolute atomic E-state index is 0.380. The Kier molecular flexibility index (Phi) is 3.48. The van der Waals surface area contributed by atoms with E-state index in [1.54, 1.807) is 0 Å². The molecule has 0 atom stereocenters. The minimum Gasteiger partial charge on any atom is -0.356 e. The Morgan fingerprint density at radius 3 is 2.55 bits per heavy atom. The van der Waals surface area contributed by atoms with Crippen LogP contribution in [0, 0.1) is 6.92 Å². The van der Waals surface area contributed by atoms with Gasteiger partial charge in [-0.15, -0.1) is 0 Å². The second-order valence-electron chi connectivity index (χ2n) is 6.12. The van der Waals surface area contributed by atoms with Gasteiger partial charge in [0.1, 0.15) is 16.8 Å². The van der Waals surface area contributed by atoms with Crippen LogP contribution in [0.15, 0.2) is 10.6 Å². The topological polar surface area (TPSA) is 67.9 Å². The van der Waals surface area contributed by atoms with Gasteiger partial charge in [-0.3, -0.25) is 0 Å². The van der Waals surface area contributed by atoms with Crippen LogP contribution in [0.1, 0.15) is 55.1 Å². The fourth-order valence-electron chi connectivity index (χ4n) is 2.95. The number of rotatable bonds is 3. The van der Waals surface area contributed by atoms with Gasteiger partial charge in [-0.25, -0.2) is 9.97 Å². The highest BCUT2D eigenvalue weighted by Gasteiger charge is 2.32. The molecule has 0 bridgehead atoms. The van der Waals surface area contributed by atoms with Gasteiger partial charge in [-0.1, -0.05) is 16.8 Å². The van der Waals surface area contributed by atoms with E-state index < -0.39 is 0 Å². The van der Waals surface area contributed by atoms with E-state index >= 15 is 0 Å². The molecule has 1 saturated heterocycles. The second kappa shape index (κ2) is 5.50. The molecule has 0 unspecified atom stereocenters. The molecule has 6 nitrogen and oxygen atoms in total. The Balaban J connectivity index is 1.43. The lowest BCUT2D eigenvalue weighted by atomic mass is 9.96. The maximum atomic E-state index is 6.02. The Hall–Kier alpha value is -1.69. The third kappa shape index (κ3) is 2.79. The fraction of sp³-hybridized carbons (Fsp3) is 0.600. The van der Waals surface area contributed by atoms with E-state index in [4.69, 9.17) is 16.1 Å². The van der Waals surface area contributed by atoms with E-state index in [2.05, 4.69) is 25.0 Å². The predicted molar refractivity (Wildman–Crippen MR) is 82.2 cm³/mol. The van der Waals surface area contributed by atoms with Gasteiger partial charge in [0, 0.05) is 31.0 Å². The van der Waals surface area contributed by atoms with Crippen LogP contribution in [0.25, 0.3) is 0 Å². The smallest absolute Gasteiger partial charge is 0.229 e. The number of hydrogen-bond donors (Lipinski definition) is 0. The number of nitrogens with zero attached hydrogens (tertiary/aromatic N) is 5. The normalized spacial score (nSPS) is 19.6. The average Bonchev–Trinajstić information content (AvgIpc) is 3.24. The van der Waals surface area contributed by atoms with E-state index in [0.29, 0.717) is 22.8 Å². The maximum absolute atomic E-state index is 6.02. The van der Waals surface area contributed by atoms with Crippen molar-refractivity contribution in [1.82, 2.24) is 20.1 Å². The Morgan fingerprint density at radius 2 is 1.86 bits per heavy atom. The van der Waals surface area contributed by atoms with Gasteiger partial charge in [0.2, 0.25) is 5.89 Å². The van der Waals surface area contributed by atoms with Gasteiger partial charge in [0.15, 0.2) is 5.82 Å².